The lowest BCUT2D eigenvalue weighted by atomic mass is 9.99. The average Bonchev–Trinajstić information content (AvgIpc) is 2.30. The molecule has 1 aromatic rings. The summed E-state index contributed by atoms with van der Waals surface area (Å²) in [7, 11) is 1.97. The summed E-state index contributed by atoms with van der Waals surface area (Å²) in [6.45, 7) is 4.03. The highest BCUT2D eigenvalue weighted by Crippen LogP contribution is 2.19. The van der Waals surface area contributed by atoms with Crippen LogP contribution in [0.4, 0.5) is 0 Å². The quantitative estimate of drug-likeness (QED) is 0.758. The van der Waals surface area contributed by atoms with Crippen LogP contribution in [-0.4, -0.2) is 12.0 Å². The summed E-state index contributed by atoms with van der Waals surface area (Å²) in [4.78, 5) is 4.15. The van der Waals surface area contributed by atoms with Gasteiger partial charge in [0.25, 0.3) is 0 Å². The first-order valence-electron chi connectivity index (χ1n) is 5.33. The smallest absolute Gasteiger partial charge is 0.0432 e. The van der Waals surface area contributed by atoms with Crippen molar-refractivity contribution < 1.29 is 0 Å². The van der Waals surface area contributed by atoms with Crippen LogP contribution in [0.15, 0.2) is 18.5 Å². The van der Waals surface area contributed by atoms with E-state index < -0.39 is 0 Å². The third kappa shape index (κ3) is 3.07. The van der Waals surface area contributed by atoms with Gasteiger partial charge in [-0.15, -0.1) is 11.8 Å². The molecule has 0 fully saturated rings. The van der Waals surface area contributed by atoms with Gasteiger partial charge >= 0.3 is 0 Å². The fourth-order valence-corrected chi connectivity index (χ4v) is 1.64. The van der Waals surface area contributed by atoms with Crippen LogP contribution in [-0.2, 0) is 6.42 Å². The highest BCUT2D eigenvalue weighted by molar-refractivity contribution is 5.27. The van der Waals surface area contributed by atoms with Gasteiger partial charge in [-0.1, -0.05) is 6.92 Å². The number of nitrogens with one attached hydrogen (secondary N) is 1. The summed E-state index contributed by atoms with van der Waals surface area (Å²) < 4.78 is 0. The molecule has 0 spiro atoms. The summed E-state index contributed by atoms with van der Waals surface area (Å²) >= 11 is 0. The number of pyridine rings is 1. The topological polar surface area (TPSA) is 24.9 Å². The Labute approximate surface area is 92.1 Å². The third-order valence-corrected chi connectivity index (χ3v) is 2.53. The Hall–Kier alpha value is -1.33. The molecule has 0 radical (unpaired) electrons. The van der Waals surface area contributed by atoms with E-state index in [9.17, 15) is 0 Å². The number of nitrogens with zero attached hydrogens (tertiary/aromatic N) is 1. The predicted octanol–water partition coefficient (Wildman–Crippen LogP) is 2.32. The van der Waals surface area contributed by atoms with Gasteiger partial charge in [-0.3, -0.25) is 4.98 Å². The van der Waals surface area contributed by atoms with Gasteiger partial charge in [0, 0.05) is 24.9 Å². The lowest BCUT2D eigenvalue weighted by molar-refractivity contribution is 0.604. The fraction of sp³-hybridized carbons (Fsp3) is 0.462. The molecule has 0 bridgehead atoms. The molecule has 1 N–H and O–H groups in total. The molecule has 0 aliphatic rings. The van der Waals surface area contributed by atoms with Gasteiger partial charge < -0.3 is 5.32 Å². The Morgan fingerprint density at radius 3 is 2.93 bits per heavy atom. The molecule has 1 unspecified atom stereocenters. The van der Waals surface area contributed by atoms with E-state index >= 15 is 0 Å². The second-order valence-electron chi connectivity index (χ2n) is 3.40. The van der Waals surface area contributed by atoms with E-state index in [0.29, 0.717) is 6.04 Å². The van der Waals surface area contributed by atoms with E-state index in [0.717, 1.165) is 12.8 Å². The van der Waals surface area contributed by atoms with Gasteiger partial charge in [-0.2, -0.15) is 0 Å². The van der Waals surface area contributed by atoms with Crippen LogP contribution in [0.5, 0.6) is 0 Å². The maximum atomic E-state index is 4.15. The number of hydrogen-bond acceptors (Lipinski definition) is 2. The van der Waals surface area contributed by atoms with E-state index in [2.05, 4.69) is 35.1 Å². The van der Waals surface area contributed by atoms with Crippen molar-refractivity contribution in [2.75, 3.05) is 7.05 Å². The van der Waals surface area contributed by atoms with Gasteiger partial charge in [0.2, 0.25) is 0 Å². The van der Waals surface area contributed by atoms with Gasteiger partial charge in [0.1, 0.15) is 0 Å². The SMILES string of the molecule is CC#CCC(NC)c1ccncc1CC. The lowest BCUT2D eigenvalue weighted by Gasteiger charge is -2.16. The number of aromatic nitrogens is 1. The maximum Gasteiger partial charge on any atom is 0.0432 e. The second kappa shape index (κ2) is 6.21. The van der Waals surface area contributed by atoms with Crippen LogP contribution < -0.4 is 5.32 Å². The minimum atomic E-state index is 0.315. The Kier molecular flexibility index (Phi) is 4.86. The van der Waals surface area contributed by atoms with E-state index in [-0.39, 0.29) is 0 Å². The minimum Gasteiger partial charge on any atom is -0.312 e. The molecular weight excluding hydrogens is 184 g/mol. The third-order valence-electron chi connectivity index (χ3n) is 2.53. The van der Waals surface area contributed by atoms with Crippen LogP contribution in [0, 0.1) is 11.8 Å². The van der Waals surface area contributed by atoms with Gasteiger partial charge in [0.15, 0.2) is 0 Å². The normalized spacial score (nSPS) is 11.7. The van der Waals surface area contributed by atoms with Gasteiger partial charge in [0.05, 0.1) is 0 Å². The van der Waals surface area contributed by atoms with Crippen molar-refractivity contribution in [3.8, 4) is 11.8 Å². The first-order valence-corrected chi connectivity index (χ1v) is 5.33. The fourth-order valence-electron chi connectivity index (χ4n) is 1.64. The molecule has 0 aromatic carbocycles. The molecule has 1 heterocycles. The molecule has 15 heavy (non-hydrogen) atoms. The summed E-state index contributed by atoms with van der Waals surface area (Å²) in [5, 5.41) is 3.30. The minimum absolute atomic E-state index is 0.315. The van der Waals surface area contributed by atoms with Crippen molar-refractivity contribution in [3.05, 3.63) is 29.6 Å². The van der Waals surface area contributed by atoms with Crippen LogP contribution >= 0.6 is 0 Å². The van der Waals surface area contributed by atoms with E-state index in [4.69, 9.17) is 0 Å². The highest BCUT2D eigenvalue weighted by Gasteiger charge is 2.10. The number of aryl methyl sites for hydroxylation is 1. The average molecular weight is 202 g/mol. The molecule has 0 amide bonds. The first-order chi connectivity index (χ1) is 7.33. The van der Waals surface area contributed by atoms with Gasteiger partial charge in [-0.25, -0.2) is 0 Å². The van der Waals surface area contributed by atoms with Crippen LogP contribution in [0.2, 0.25) is 0 Å². The monoisotopic (exact) mass is 202 g/mol. The van der Waals surface area contributed by atoms with Crippen molar-refractivity contribution in [3.63, 3.8) is 0 Å². The lowest BCUT2D eigenvalue weighted by Crippen LogP contribution is -2.17. The summed E-state index contributed by atoms with van der Waals surface area (Å²) in [5.74, 6) is 6.05. The first kappa shape index (κ1) is 11.7. The Bertz CT molecular complexity index is 360. The van der Waals surface area contributed by atoms with Crippen molar-refractivity contribution in [2.45, 2.75) is 32.7 Å². The molecule has 0 saturated heterocycles. The summed E-state index contributed by atoms with van der Waals surface area (Å²) in [5.41, 5.74) is 2.62. The number of hydrogen-bond donors (Lipinski definition) is 1. The zero-order valence-electron chi connectivity index (χ0n) is 9.67. The molecule has 1 atom stereocenters. The van der Waals surface area contributed by atoms with E-state index in [1.807, 2.05) is 26.4 Å². The van der Waals surface area contributed by atoms with Gasteiger partial charge in [-0.05, 0) is 37.6 Å². The molecule has 2 heteroatoms. The van der Waals surface area contributed by atoms with Crippen molar-refractivity contribution in [1.29, 1.82) is 0 Å². The van der Waals surface area contributed by atoms with Crippen molar-refractivity contribution in [2.24, 2.45) is 0 Å². The molecule has 0 aliphatic carbocycles. The molecular formula is C13H18N2. The zero-order chi connectivity index (χ0) is 11.1. The van der Waals surface area contributed by atoms with Crippen LogP contribution in [0.25, 0.3) is 0 Å². The van der Waals surface area contributed by atoms with Crippen LogP contribution in [0.3, 0.4) is 0 Å². The molecule has 0 saturated carbocycles. The van der Waals surface area contributed by atoms with Crippen molar-refractivity contribution >= 4 is 0 Å². The predicted molar refractivity (Wildman–Crippen MR) is 63.5 cm³/mol. The molecule has 0 aliphatic heterocycles. The highest BCUT2D eigenvalue weighted by atomic mass is 14.9. The molecule has 80 valence electrons. The summed E-state index contributed by atoms with van der Waals surface area (Å²) in [6, 6.07) is 2.40. The van der Waals surface area contributed by atoms with E-state index in [1.165, 1.54) is 11.1 Å². The second-order valence-corrected chi connectivity index (χ2v) is 3.40. The Morgan fingerprint density at radius 2 is 2.33 bits per heavy atom. The number of rotatable bonds is 4. The van der Waals surface area contributed by atoms with Crippen molar-refractivity contribution in [1.82, 2.24) is 10.3 Å². The van der Waals surface area contributed by atoms with Crippen LogP contribution in [0.1, 0.15) is 37.4 Å². The zero-order valence-corrected chi connectivity index (χ0v) is 9.67. The maximum absolute atomic E-state index is 4.15. The molecule has 1 rings (SSSR count). The van der Waals surface area contributed by atoms with E-state index in [1.54, 1.807) is 0 Å². The standard InChI is InChI=1S/C13H18N2/c1-4-6-7-13(14-3)12-8-9-15-10-11(12)5-2/h8-10,13-14H,5,7H2,1-3H3. The largest absolute Gasteiger partial charge is 0.312 e. The Balaban J connectivity index is 2.93. The Morgan fingerprint density at radius 1 is 1.53 bits per heavy atom. The summed E-state index contributed by atoms with van der Waals surface area (Å²) in [6.07, 6.45) is 5.65. The molecule has 2 nitrogen and oxygen atoms in total. The molecule has 1 aromatic heterocycles.